The monoisotopic (exact) mass is 494 g/mol. The number of anilines is 1. The fourth-order valence-electron chi connectivity index (χ4n) is 3.80. The summed E-state index contributed by atoms with van der Waals surface area (Å²) >= 11 is 7.52. The van der Waals surface area contributed by atoms with Gasteiger partial charge in [0.1, 0.15) is 10.6 Å². The third-order valence-electron chi connectivity index (χ3n) is 5.19. The number of benzene rings is 2. The highest BCUT2D eigenvalue weighted by atomic mass is 35.5. The number of nitrogens with zero attached hydrogens (tertiary/aromatic N) is 1. The van der Waals surface area contributed by atoms with Crippen molar-refractivity contribution in [3.63, 3.8) is 0 Å². The maximum atomic E-state index is 13.2. The van der Waals surface area contributed by atoms with Crippen molar-refractivity contribution < 1.29 is 12.8 Å². The Morgan fingerprint density at radius 1 is 1.00 bits per heavy atom. The molecule has 0 saturated heterocycles. The number of sulfonamides is 1. The summed E-state index contributed by atoms with van der Waals surface area (Å²) in [7, 11) is -3.88. The molecule has 8 heteroatoms. The number of hydrogen-bond acceptors (Lipinski definition) is 5. The Kier molecular flexibility index (Phi) is 5.48. The fraction of sp³-hybridized carbons (Fsp3) is 0.0800. The molecule has 5 nitrogen and oxygen atoms in total. The molecule has 0 aliphatic rings. The van der Waals surface area contributed by atoms with E-state index in [-0.39, 0.29) is 4.90 Å². The number of aromatic nitrogens is 1. The normalized spacial score (nSPS) is 11.7. The van der Waals surface area contributed by atoms with E-state index in [4.69, 9.17) is 21.0 Å². The lowest BCUT2D eigenvalue weighted by Gasteiger charge is -2.12. The van der Waals surface area contributed by atoms with E-state index in [2.05, 4.69) is 10.8 Å². The SMILES string of the molecule is Cc1cccc(-c2c(-c3ccco3)sc3nc(C)cc(NS(=O)(=O)c4cccc(Cl)c4)c23)c1. The molecule has 0 atom stereocenters. The number of aryl methyl sites for hydroxylation is 2. The lowest BCUT2D eigenvalue weighted by atomic mass is 9.99. The summed E-state index contributed by atoms with van der Waals surface area (Å²) in [5.41, 5.74) is 4.10. The zero-order valence-electron chi connectivity index (χ0n) is 17.8. The van der Waals surface area contributed by atoms with Crippen LogP contribution in [0.2, 0.25) is 5.02 Å². The van der Waals surface area contributed by atoms with E-state index in [1.165, 1.54) is 23.5 Å². The number of fused-ring (bicyclic) bond motifs is 1. The summed E-state index contributed by atoms with van der Waals surface area (Å²) in [6, 6.07) is 19.8. The van der Waals surface area contributed by atoms with Crippen LogP contribution in [0.15, 0.2) is 82.3 Å². The van der Waals surface area contributed by atoms with Crippen molar-refractivity contribution in [1.82, 2.24) is 4.98 Å². The number of pyridine rings is 1. The van der Waals surface area contributed by atoms with Crippen LogP contribution in [-0.2, 0) is 10.0 Å². The van der Waals surface area contributed by atoms with E-state index in [0.717, 1.165) is 31.8 Å². The van der Waals surface area contributed by atoms with Gasteiger partial charge in [-0.2, -0.15) is 0 Å². The van der Waals surface area contributed by atoms with Crippen molar-refractivity contribution in [3.8, 4) is 21.8 Å². The number of thiophene rings is 1. The molecule has 0 aliphatic heterocycles. The Hall–Kier alpha value is -3.13. The van der Waals surface area contributed by atoms with Gasteiger partial charge in [0.15, 0.2) is 0 Å². The van der Waals surface area contributed by atoms with E-state index < -0.39 is 10.0 Å². The Bertz CT molecular complexity index is 1590. The van der Waals surface area contributed by atoms with E-state index in [0.29, 0.717) is 22.2 Å². The zero-order valence-corrected chi connectivity index (χ0v) is 20.2. The first kappa shape index (κ1) is 21.7. The highest BCUT2D eigenvalue weighted by Gasteiger charge is 2.24. The van der Waals surface area contributed by atoms with Gasteiger partial charge in [-0.25, -0.2) is 13.4 Å². The minimum absolute atomic E-state index is 0.0937. The predicted molar refractivity (Wildman–Crippen MR) is 134 cm³/mol. The van der Waals surface area contributed by atoms with Crippen molar-refractivity contribution >= 4 is 48.9 Å². The number of hydrogen-bond donors (Lipinski definition) is 1. The third kappa shape index (κ3) is 4.15. The number of halogens is 1. The molecular weight excluding hydrogens is 476 g/mol. The number of rotatable bonds is 5. The average Bonchev–Trinajstić information content (AvgIpc) is 3.41. The smallest absolute Gasteiger partial charge is 0.261 e. The molecule has 0 radical (unpaired) electrons. The Labute approximate surface area is 200 Å². The highest BCUT2D eigenvalue weighted by molar-refractivity contribution is 7.92. The van der Waals surface area contributed by atoms with Crippen molar-refractivity contribution in [3.05, 3.63) is 89.3 Å². The van der Waals surface area contributed by atoms with Gasteiger partial charge in [-0.15, -0.1) is 11.3 Å². The van der Waals surface area contributed by atoms with Crippen molar-refractivity contribution in [2.24, 2.45) is 0 Å². The van der Waals surface area contributed by atoms with Gasteiger partial charge in [0.25, 0.3) is 10.0 Å². The first-order valence-electron chi connectivity index (χ1n) is 10.2. The maximum Gasteiger partial charge on any atom is 0.261 e. The van der Waals surface area contributed by atoms with Crippen molar-refractivity contribution in [2.75, 3.05) is 4.72 Å². The minimum atomic E-state index is -3.88. The second-order valence-electron chi connectivity index (χ2n) is 7.71. The molecule has 3 aromatic heterocycles. The minimum Gasteiger partial charge on any atom is -0.463 e. The summed E-state index contributed by atoms with van der Waals surface area (Å²) in [5, 5.41) is 1.08. The van der Waals surface area contributed by atoms with Gasteiger partial charge in [0.05, 0.1) is 21.7 Å². The maximum absolute atomic E-state index is 13.2. The van der Waals surface area contributed by atoms with Gasteiger partial charge < -0.3 is 4.42 Å². The van der Waals surface area contributed by atoms with Crippen LogP contribution < -0.4 is 4.72 Å². The molecule has 0 spiro atoms. The van der Waals surface area contributed by atoms with E-state index >= 15 is 0 Å². The molecular formula is C25H19ClN2O3S2. The van der Waals surface area contributed by atoms with Crippen LogP contribution in [0.25, 0.3) is 32.0 Å². The van der Waals surface area contributed by atoms with Gasteiger partial charge in [0, 0.05) is 21.7 Å². The summed E-state index contributed by atoms with van der Waals surface area (Å²) in [6.45, 7) is 3.87. The molecule has 0 unspecified atom stereocenters. The molecule has 0 saturated carbocycles. The number of nitrogens with one attached hydrogen (secondary N) is 1. The molecule has 0 bridgehead atoms. The molecule has 0 aliphatic carbocycles. The molecule has 1 N–H and O–H groups in total. The molecule has 5 rings (SSSR count). The molecule has 166 valence electrons. The van der Waals surface area contributed by atoms with Crippen LogP contribution in [0, 0.1) is 13.8 Å². The second kappa shape index (κ2) is 8.33. The van der Waals surface area contributed by atoms with Crippen LogP contribution >= 0.6 is 22.9 Å². The summed E-state index contributed by atoms with van der Waals surface area (Å²) < 4.78 is 35.0. The lowest BCUT2D eigenvalue weighted by Crippen LogP contribution is -2.13. The Morgan fingerprint density at radius 3 is 2.55 bits per heavy atom. The van der Waals surface area contributed by atoms with Crippen LogP contribution in [0.5, 0.6) is 0 Å². The van der Waals surface area contributed by atoms with E-state index in [1.54, 1.807) is 24.5 Å². The summed E-state index contributed by atoms with van der Waals surface area (Å²) in [4.78, 5) is 6.42. The quantitative estimate of drug-likeness (QED) is 0.278. The Morgan fingerprint density at radius 2 is 1.82 bits per heavy atom. The second-order valence-corrected chi connectivity index (χ2v) is 10.8. The van der Waals surface area contributed by atoms with Gasteiger partial charge in [-0.3, -0.25) is 4.72 Å². The molecule has 0 amide bonds. The average molecular weight is 495 g/mol. The van der Waals surface area contributed by atoms with Crippen LogP contribution in [0.4, 0.5) is 5.69 Å². The van der Waals surface area contributed by atoms with Gasteiger partial charge >= 0.3 is 0 Å². The van der Waals surface area contributed by atoms with Crippen LogP contribution in [0.3, 0.4) is 0 Å². The molecule has 0 fully saturated rings. The van der Waals surface area contributed by atoms with Gasteiger partial charge in [-0.1, -0.05) is 47.5 Å². The lowest BCUT2D eigenvalue weighted by molar-refractivity contribution is 0.584. The van der Waals surface area contributed by atoms with E-state index in [1.807, 2.05) is 44.2 Å². The van der Waals surface area contributed by atoms with Gasteiger partial charge in [-0.05, 0) is 55.8 Å². The zero-order chi connectivity index (χ0) is 23.2. The standard InChI is InChI=1S/C25H19ClN2O3S2/c1-15-6-3-7-17(12-15)22-23-20(28-33(29,30)19-9-4-8-18(26)14-19)13-16(2)27-25(23)32-24(22)21-10-5-11-31-21/h3-14H,1-2H3,(H,27,28). The van der Waals surface area contributed by atoms with Crippen molar-refractivity contribution in [2.45, 2.75) is 18.7 Å². The highest BCUT2D eigenvalue weighted by Crippen LogP contribution is 2.47. The molecule has 33 heavy (non-hydrogen) atoms. The molecule has 3 heterocycles. The molecule has 5 aromatic rings. The topological polar surface area (TPSA) is 72.2 Å². The van der Waals surface area contributed by atoms with Crippen LogP contribution in [0.1, 0.15) is 11.3 Å². The largest absolute Gasteiger partial charge is 0.463 e. The summed E-state index contributed by atoms with van der Waals surface area (Å²) in [6.07, 6.45) is 1.63. The fourth-order valence-corrected chi connectivity index (χ4v) is 6.40. The van der Waals surface area contributed by atoms with Crippen LogP contribution in [-0.4, -0.2) is 13.4 Å². The summed E-state index contributed by atoms with van der Waals surface area (Å²) in [5.74, 6) is 0.704. The van der Waals surface area contributed by atoms with E-state index in [9.17, 15) is 8.42 Å². The third-order valence-corrected chi connectivity index (χ3v) is 7.89. The first-order chi connectivity index (χ1) is 15.8. The number of furan rings is 1. The first-order valence-corrected chi connectivity index (χ1v) is 12.8. The van der Waals surface area contributed by atoms with Gasteiger partial charge in [0.2, 0.25) is 0 Å². The predicted octanol–water partition coefficient (Wildman–Crippen LogP) is 7.29. The van der Waals surface area contributed by atoms with Crippen molar-refractivity contribution in [1.29, 1.82) is 0 Å². The Balaban J connectivity index is 1.78. The molecule has 2 aromatic carbocycles.